The molecular formula is C23H20N2O4. The molecule has 0 radical (unpaired) electrons. The highest BCUT2D eigenvalue weighted by Crippen LogP contribution is 2.30. The molecule has 5 rings (SSSR count). The van der Waals surface area contributed by atoms with E-state index in [1.54, 1.807) is 17.0 Å². The van der Waals surface area contributed by atoms with Gasteiger partial charge in [-0.15, -0.1) is 0 Å². The number of carbonyl (C=O) groups is 1. The van der Waals surface area contributed by atoms with Crippen LogP contribution >= 0.6 is 0 Å². The van der Waals surface area contributed by atoms with Gasteiger partial charge in [-0.3, -0.25) is 9.59 Å². The second-order valence-corrected chi connectivity index (χ2v) is 7.56. The zero-order chi connectivity index (χ0) is 20.0. The molecule has 2 aromatic carbocycles. The van der Waals surface area contributed by atoms with Crippen molar-refractivity contribution in [2.75, 3.05) is 13.1 Å². The smallest absolute Gasteiger partial charge is 0.289 e. The number of benzene rings is 2. The van der Waals surface area contributed by atoms with Crippen molar-refractivity contribution in [3.8, 4) is 0 Å². The maximum Gasteiger partial charge on any atom is 0.289 e. The van der Waals surface area contributed by atoms with Crippen molar-refractivity contribution < 1.29 is 13.6 Å². The molecule has 4 aromatic rings. The van der Waals surface area contributed by atoms with Crippen molar-refractivity contribution in [1.82, 2.24) is 9.88 Å². The van der Waals surface area contributed by atoms with Crippen LogP contribution in [-0.2, 0) is 0 Å². The van der Waals surface area contributed by atoms with Crippen molar-refractivity contribution in [3.05, 3.63) is 76.0 Å². The number of aryl methyl sites for hydroxylation is 1. The number of aromatic nitrogens is 1. The summed E-state index contributed by atoms with van der Waals surface area (Å²) in [5.41, 5.74) is 2.86. The molecule has 6 nitrogen and oxygen atoms in total. The first-order chi connectivity index (χ1) is 14.1. The number of hydrogen-bond acceptors (Lipinski definition) is 5. The number of piperidine rings is 1. The van der Waals surface area contributed by atoms with Gasteiger partial charge in [-0.2, -0.15) is 0 Å². The average molecular weight is 388 g/mol. The van der Waals surface area contributed by atoms with Crippen molar-refractivity contribution in [3.63, 3.8) is 0 Å². The number of carbonyl (C=O) groups excluding carboxylic acids is 1. The van der Waals surface area contributed by atoms with Gasteiger partial charge < -0.3 is 13.7 Å². The van der Waals surface area contributed by atoms with Crippen LogP contribution in [0, 0.1) is 6.92 Å². The maximum atomic E-state index is 12.9. The lowest BCUT2D eigenvalue weighted by Crippen LogP contribution is -2.38. The minimum Gasteiger partial charge on any atom is -0.451 e. The topological polar surface area (TPSA) is 76.6 Å². The number of rotatable bonds is 2. The van der Waals surface area contributed by atoms with E-state index in [1.807, 2.05) is 37.3 Å². The van der Waals surface area contributed by atoms with E-state index in [4.69, 9.17) is 8.83 Å². The third kappa shape index (κ3) is 3.20. The largest absolute Gasteiger partial charge is 0.451 e. The number of hydrogen-bond donors (Lipinski definition) is 0. The van der Waals surface area contributed by atoms with Crippen molar-refractivity contribution in [1.29, 1.82) is 0 Å². The van der Waals surface area contributed by atoms with Crippen LogP contribution in [-0.4, -0.2) is 28.9 Å². The summed E-state index contributed by atoms with van der Waals surface area (Å²) in [5.74, 6) is 0.746. The molecule has 1 aliphatic heterocycles. The molecular weight excluding hydrogens is 368 g/mol. The minimum absolute atomic E-state index is 0.0895. The molecule has 0 aliphatic carbocycles. The van der Waals surface area contributed by atoms with E-state index in [9.17, 15) is 9.59 Å². The number of amides is 1. The Balaban J connectivity index is 1.34. The van der Waals surface area contributed by atoms with Gasteiger partial charge in [-0.25, -0.2) is 4.98 Å². The predicted molar refractivity (Wildman–Crippen MR) is 109 cm³/mol. The Morgan fingerprint density at radius 1 is 1.03 bits per heavy atom. The van der Waals surface area contributed by atoms with E-state index >= 15 is 0 Å². The third-order valence-electron chi connectivity index (χ3n) is 5.54. The number of fused-ring (bicyclic) bond motifs is 2. The Morgan fingerprint density at radius 3 is 2.62 bits per heavy atom. The molecule has 0 saturated carbocycles. The van der Waals surface area contributed by atoms with Gasteiger partial charge >= 0.3 is 0 Å². The Kier molecular flexibility index (Phi) is 4.19. The zero-order valence-electron chi connectivity index (χ0n) is 16.1. The van der Waals surface area contributed by atoms with Crippen LogP contribution in [0.15, 0.2) is 62.2 Å². The number of nitrogens with zero attached hydrogens (tertiary/aromatic N) is 2. The summed E-state index contributed by atoms with van der Waals surface area (Å²) in [6.45, 7) is 3.05. The molecule has 0 bridgehead atoms. The quantitative estimate of drug-likeness (QED) is 0.513. The zero-order valence-corrected chi connectivity index (χ0v) is 16.1. The van der Waals surface area contributed by atoms with Crippen molar-refractivity contribution in [2.45, 2.75) is 25.7 Å². The summed E-state index contributed by atoms with van der Waals surface area (Å²) < 4.78 is 11.6. The van der Waals surface area contributed by atoms with E-state index in [2.05, 4.69) is 4.98 Å². The van der Waals surface area contributed by atoms with Gasteiger partial charge in [0.25, 0.3) is 5.91 Å². The molecule has 0 unspecified atom stereocenters. The highest BCUT2D eigenvalue weighted by atomic mass is 16.4. The molecule has 146 valence electrons. The third-order valence-corrected chi connectivity index (χ3v) is 5.54. The van der Waals surface area contributed by atoms with E-state index in [0.29, 0.717) is 24.1 Å². The van der Waals surface area contributed by atoms with Gasteiger partial charge in [0.2, 0.25) is 0 Å². The lowest BCUT2D eigenvalue weighted by atomic mass is 9.96. The normalized spacial score (nSPS) is 15.3. The fourth-order valence-corrected chi connectivity index (χ4v) is 3.93. The first-order valence-corrected chi connectivity index (χ1v) is 9.78. The molecule has 3 heterocycles. The summed E-state index contributed by atoms with van der Waals surface area (Å²) in [6, 6.07) is 14.4. The molecule has 6 heteroatoms. The second-order valence-electron chi connectivity index (χ2n) is 7.56. The lowest BCUT2D eigenvalue weighted by molar-refractivity contribution is 0.0675. The summed E-state index contributed by atoms with van der Waals surface area (Å²) in [7, 11) is 0. The highest BCUT2D eigenvalue weighted by Gasteiger charge is 2.28. The molecule has 0 atom stereocenters. The maximum absolute atomic E-state index is 12.9. The van der Waals surface area contributed by atoms with Gasteiger partial charge in [0.1, 0.15) is 11.1 Å². The van der Waals surface area contributed by atoms with Gasteiger partial charge in [-0.05, 0) is 44.0 Å². The lowest BCUT2D eigenvalue weighted by Gasteiger charge is -2.30. The van der Waals surface area contributed by atoms with Crippen LogP contribution in [0.5, 0.6) is 0 Å². The number of likely N-dealkylation sites (tertiary alicyclic amines) is 1. The Bertz CT molecular complexity index is 1250. The summed E-state index contributed by atoms with van der Waals surface area (Å²) in [4.78, 5) is 31.6. The standard InChI is InChI=1S/C23H20N2O4/c1-14-6-7-19-16(12-14)18(26)13-21(28-19)23(27)25-10-8-15(9-11-25)22-24-17-4-2-3-5-20(17)29-22/h2-7,12-13,15H,8-11H2,1H3. The second kappa shape index (κ2) is 6.88. The molecule has 1 aliphatic rings. The minimum atomic E-state index is -0.249. The highest BCUT2D eigenvalue weighted by molar-refractivity contribution is 5.93. The Labute approximate surface area is 166 Å². The van der Waals surface area contributed by atoms with Gasteiger partial charge in [0.15, 0.2) is 22.7 Å². The number of oxazole rings is 1. The van der Waals surface area contributed by atoms with Crippen LogP contribution in [0.2, 0.25) is 0 Å². The Morgan fingerprint density at radius 2 is 1.83 bits per heavy atom. The predicted octanol–water partition coefficient (Wildman–Crippen LogP) is 4.26. The molecule has 1 saturated heterocycles. The van der Waals surface area contributed by atoms with Crippen LogP contribution in [0.4, 0.5) is 0 Å². The van der Waals surface area contributed by atoms with Crippen LogP contribution in [0.3, 0.4) is 0 Å². The fraction of sp³-hybridized carbons (Fsp3) is 0.261. The van der Waals surface area contributed by atoms with Gasteiger partial charge in [-0.1, -0.05) is 23.8 Å². The summed E-state index contributed by atoms with van der Waals surface area (Å²) in [6.07, 6.45) is 1.52. The first-order valence-electron chi connectivity index (χ1n) is 9.78. The molecule has 0 N–H and O–H groups in total. The molecule has 1 fully saturated rings. The van der Waals surface area contributed by atoms with E-state index in [0.717, 1.165) is 35.4 Å². The van der Waals surface area contributed by atoms with Crippen LogP contribution in [0.1, 0.15) is 40.8 Å². The van der Waals surface area contributed by atoms with E-state index in [1.165, 1.54) is 6.07 Å². The molecule has 29 heavy (non-hydrogen) atoms. The Hall–Kier alpha value is -3.41. The van der Waals surface area contributed by atoms with Crippen molar-refractivity contribution in [2.24, 2.45) is 0 Å². The molecule has 0 spiro atoms. The molecule has 1 amide bonds. The van der Waals surface area contributed by atoms with Crippen LogP contribution < -0.4 is 5.43 Å². The summed E-state index contributed by atoms with van der Waals surface area (Å²) >= 11 is 0. The van der Waals surface area contributed by atoms with Crippen LogP contribution in [0.25, 0.3) is 22.1 Å². The fourth-order valence-electron chi connectivity index (χ4n) is 3.93. The monoisotopic (exact) mass is 388 g/mol. The molecule has 2 aromatic heterocycles. The number of para-hydroxylation sites is 2. The summed E-state index contributed by atoms with van der Waals surface area (Å²) in [5, 5.41) is 0.496. The van der Waals surface area contributed by atoms with Crippen molar-refractivity contribution >= 4 is 28.0 Å². The first kappa shape index (κ1) is 17.7. The average Bonchev–Trinajstić information content (AvgIpc) is 3.18. The van der Waals surface area contributed by atoms with E-state index in [-0.39, 0.29) is 23.0 Å². The van der Waals surface area contributed by atoms with Gasteiger partial charge in [0, 0.05) is 25.1 Å². The van der Waals surface area contributed by atoms with Gasteiger partial charge in [0.05, 0.1) is 5.39 Å². The SMILES string of the molecule is Cc1ccc2oc(C(=O)N3CCC(c4nc5ccccc5o4)CC3)cc(=O)c2c1. The van der Waals surface area contributed by atoms with E-state index < -0.39 is 0 Å².